The van der Waals surface area contributed by atoms with Crippen LogP contribution in [0.1, 0.15) is 45.6 Å². The van der Waals surface area contributed by atoms with E-state index in [4.69, 9.17) is 28.4 Å². The minimum absolute atomic E-state index is 0.0509. The van der Waals surface area contributed by atoms with E-state index in [1.165, 1.54) is 28.3 Å². The summed E-state index contributed by atoms with van der Waals surface area (Å²) in [6.45, 7) is 5.11. The van der Waals surface area contributed by atoms with E-state index in [0.29, 0.717) is 34.3 Å². The number of carbonyl (C=O) groups excluding carboxylic acids is 1. The number of para-hydroxylation sites is 2. The van der Waals surface area contributed by atoms with E-state index in [2.05, 4.69) is 6.07 Å². The summed E-state index contributed by atoms with van der Waals surface area (Å²) in [5.41, 5.74) is -0.519. The van der Waals surface area contributed by atoms with Crippen LogP contribution < -0.4 is 23.7 Å². The molecule has 0 saturated carbocycles. The van der Waals surface area contributed by atoms with Crippen molar-refractivity contribution in [2.75, 3.05) is 27.9 Å². The first-order valence-electron chi connectivity index (χ1n) is 13.0. The second-order valence-electron chi connectivity index (χ2n) is 9.92. The molecule has 1 heterocycles. The van der Waals surface area contributed by atoms with Crippen molar-refractivity contribution in [2.24, 2.45) is 5.92 Å². The number of methoxy groups -OCH3 is 3. The van der Waals surface area contributed by atoms with Gasteiger partial charge < -0.3 is 28.4 Å². The molecule has 40 heavy (non-hydrogen) atoms. The number of hydrogen-bond donors (Lipinski definition) is 0. The van der Waals surface area contributed by atoms with E-state index in [1.54, 1.807) is 30.3 Å². The number of benzene rings is 2. The third-order valence-corrected chi connectivity index (χ3v) is 7.28. The molecular formula is C29H36N2O9. The lowest BCUT2D eigenvalue weighted by Gasteiger charge is -2.34. The highest BCUT2D eigenvalue weighted by molar-refractivity contribution is 5.66. The molecule has 1 aliphatic heterocycles. The molecule has 11 nitrogen and oxygen atoms in total. The molecule has 0 aromatic heterocycles. The number of carbonyl (C=O) groups is 1. The summed E-state index contributed by atoms with van der Waals surface area (Å²) in [6.07, 6.45) is -1.57. The normalized spacial score (nSPS) is 17.1. The second kappa shape index (κ2) is 13.2. The fraction of sp³-hybridized carbons (Fsp3) is 0.517. The van der Waals surface area contributed by atoms with Crippen LogP contribution in [0.2, 0.25) is 0 Å². The molecule has 0 amide bonds. The Morgan fingerprint density at radius 1 is 1.15 bits per heavy atom. The van der Waals surface area contributed by atoms with Crippen molar-refractivity contribution >= 4 is 5.97 Å². The SMILES string of the molecule is COc1cc(C(C#N)(CCC(OC(C)=O)C(CC2COc3ccccc3O2)[N+](=O)[O-])C(C)C)cc(OC)c1OC. The summed E-state index contributed by atoms with van der Waals surface area (Å²) in [5, 5.41) is 22.8. The van der Waals surface area contributed by atoms with Crippen LogP contribution in [0.4, 0.5) is 0 Å². The number of rotatable bonds is 13. The lowest BCUT2D eigenvalue weighted by molar-refractivity contribution is -0.536. The van der Waals surface area contributed by atoms with Crippen molar-refractivity contribution in [1.29, 1.82) is 5.26 Å². The van der Waals surface area contributed by atoms with Crippen LogP contribution in [0, 0.1) is 27.4 Å². The number of hydrogen-bond acceptors (Lipinski definition) is 10. The van der Waals surface area contributed by atoms with Crippen LogP contribution in [0.15, 0.2) is 36.4 Å². The molecule has 2 aromatic rings. The van der Waals surface area contributed by atoms with Crippen molar-refractivity contribution in [3.63, 3.8) is 0 Å². The Labute approximate surface area is 234 Å². The molecule has 2 aromatic carbocycles. The molecule has 0 fully saturated rings. The summed E-state index contributed by atoms with van der Waals surface area (Å²) in [7, 11) is 4.46. The molecule has 0 saturated heterocycles. The van der Waals surface area contributed by atoms with E-state index in [0.717, 1.165) is 0 Å². The first-order chi connectivity index (χ1) is 19.1. The largest absolute Gasteiger partial charge is 0.493 e. The van der Waals surface area contributed by atoms with Gasteiger partial charge in [0, 0.05) is 11.8 Å². The van der Waals surface area contributed by atoms with Gasteiger partial charge in [0.25, 0.3) is 6.04 Å². The first-order valence-corrected chi connectivity index (χ1v) is 13.0. The summed E-state index contributed by atoms with van der Waals surface area (Å²) < 4.78 is 33.6. The van der Waals surface area contributed by atoms with Crippen LogP contribution >= 0.6 is 0 Å². The maximum absolute atomic E-state index is 12.3. The lowest BCUT2D eigenvalue weighted by Crippen LogP contribution is -2.44. The molecule has 4 atom stereocenters. The molecule has 11 heteroatoms. The Hall–Kier alpha value is -4.20. The highest BCUT2D eigenvalue weighted by Gasteiger charge is 2.43. The summed E-state index contributed by atoms with van der Waals surface area (Å²) in [4.78, 5) is 23.9. The number of ether oxygens (including phenoxy) is 6. The van der Waals surface area contributed by atoms with Gasteiger partial charge in [-0.2, -0.15) is 5.26 Å². The van der Waals surface area contributed by atoms with Gasteiger partial charge in [-0.3, -0.25) is 14.9 Å². The van der Waals surface area contributed by atoms with Gasteiger partial charge in [0.1, 0.15) is 12.7 Å². The van der Waals surface area contributed by atoms with Gasteiger partial charge >= 0.3 is 5.97 Å². The van der Waals surface area contributed by atoms with Gasteiger partial charge in [0.15, 0.2) is 29.1 Å². The van der Waals surface area contributed by atoms with Gasteiger partial charge in [-0.1, -0.05) is 26.0 Å². The van der Waals surface area contributed by atoms with Crippen molar-refractivity contribution < 1.29 is 38.1 Å². The number of nitro groups is 1. The quantitative estimate of drug-likeness (QED) is 0.193. The predicted octanol–water partition coefficient (Wildman–Crippen LogP) is 4.72. The average molecular weight is 557 g/mol. The zero-order valence-corrected chi connectivity index (χ0v) is 23.7. The van der Waals surface area contributed by atoms with Crippen LogP contribution in [0.3, 0.4) is 0 Å². The first kappa shape index (κ1) is 30.3. The van der Waals surface area contributed by atoms with Crippen LogP contribution in [-0.4, -0.2) is 57.1 Å². The zero-order valence-electron chi connectivity index (χ0n) is 23.7. The Morgan fingerprint density at radius 3 is 2.27 bits per heavy atom. The Balaban J connectivity index is 1.93. The number of fused-ring (bicyclic) bond motifs is 1. The maximum atomic E-state index is 12.3. The molecule has 0 bridgehead atoms. The average Bonchev–Trinajstić information content (AvgIpc) is 2.94. The Bertz CT molecular complexity index is 1220. The van der Waals surface area contributed by atoms with Gasteiger partial charge in [0.05, 0.1) is 39.2 Å². The smallest absolute Gasteiger partial charge is 0.303 e. The van der Waals surface area contributed by atoms with Crippen molar-refractivity contribution in [1.82, 2.24) is 0 Å². The molecule has 3 rings (SSSR count). The maximum Gasteiger partial charge on any atom is 0.303 e. The molecule has 0 aliphatic carbocycles. The third kappa shape index (κ3) is 6.50. The summed E-state index contributed by atoms with van der Waals surface area (Å²) in [5.74, 6) is 1.33. The summed E-state index contributed by atoms with van der Waals surface area (Å²) >= 11 is 0. The van der Waals surface area contributed by atoms with Gasteiger partial charge in [0.2, 0.25) is 5.75 Å². The minimum atomic E-state index is -1.29. The van der Waals surface area contributed by atoms with E-state index in [9.17, 15) is 20.2 Å². The van der Waals surface area contributed by atoms with Crippen molar-refractivity contribution in [2.45, 2.75) is 63.7 Å². The van der Waals surface area contributed by atoms with Crippen molar-refractivity contribution in [3.05, 3.63) is 52.1 Å². The van der Waals surface area contributed by atoms with Crippen LogP contribution in [-0.2, 0) is 14.9 Å². The van der Waals surface area contributed by atoms with Crippen LogP contribution in [0.25, 0.3) is 0 Å². The van der Waals surface area contributed by atoms with Gasteiger partial charge in [-0.25, -0.2) is 0 Å². The van der Waals surface area contributed by atoms with E-state index >= 15 is 0 Å². The van der Waals surface area contributed by atoms with E-state index in [1.807, 2.05) is 19.9 Å². The van der Waals surface area contributed by atoms with E-state index < -0.39 is 34.6 Å². The molecule has 0 N–H and O–H groups in total. The summed E-state index contributed by atoms with van der Waals surface area (Å²) in [6, 6.07) is 11.6. The Morgan fingerprint density at radius 2 is 1.77 bits per heavy atom. The monoisotopic (exact) mass is 556 g/mol. The van der Waals surface area contributed by atoms with Crippen molar-refractivity contribution in [3.8, 4) is 34.8 Å². The highest BCUT2D eigenvalue weighted by atomic mass is 16.6. The Kier molecular flexibility index (Phi) is 10.0. The van der Waals surface area contributed by atoms with Gasteiger partial charge in [-0.15, -0.1) is 0 Å². The lowest BCUT2D eigenvalue weighted by atomic mass is 9.69. The number of nitrogens with zero attached hydrogens (tertiary/aromatic N) is 2. The highest BCUT2D eigenvalue weighted by Crippen LogP contribution is 2.45. The van der Waals surface area contributed by atoms with Gasteiger partial charge in [-0.05, 0) is 48.6 Å². The molecule has 4 unspecified atom stereocenters. The topological polar surface area (TPSA) is 139 Å². The van der Waals surface area contributed by atoms with E-state index in [-0.39, 0.29) is 31.8 Å². The molecular weight excluding hydrogens is 520 g/mol. The molecule has 0 spiro atoms. The zero-order chi connectivity index (χ0) is 29.4. The fourth-order valence-electron chi connectivity index (χ4n) is 5.09. The van der Waals surface area contributed by atoms with Crippen LogP contribution in [0.5, 0.6) is 28.7 Å². The minimum Gasteiger partial charge on any atom is -0.493 e. The molecule has 216 valence electrons. The standard InChI is InChI=1S/C29H36N2O9/c1-18(2)29(17-30,20-13-26(35-4)28(37-6)27(14-20)36-5)12-11-23(39-19(3)32)22(31(33)34)15-21-16-38-24-9-7-8-10-25(24)40-21/h7-10,13-14,18,21-23H,11-12,15-16H2,1-6H3. The molecule has 0 radical (unpaired) electrons. The second-order valence-corrected chi connectivity index (χ2v) is 9.92. The fourth-order valence-corrected chi connectivity index (χ4v) is 5.09. The predicted molar refractivity (Wildman–Crippen MR) is 145 cm³/mol. The third-order valence-electron chi connectivity index (χ3n) is 7.28. The number of esters is 1. The number of nitriles is 1. The molecule has 1 aliphatic rings.